The van der Waals surface area contributed by atoms with Crippen molar-refractivity contribution >= 4 is 5.97 Å². The molecule has 1 rings (SSSR count). The highest BCUT2D eigenvalue weighted by atomic mass is 16.4. The maximum Gasteiger partial charge on any atom is 0.320 e. The number of hydrogen-bond donors (Lipinski definition) is 2. The minimum absolute atomic E-state index is 0.173. The van der Waals surface area contributed by atoms with Gasteiger partial charge in [0.05, 0.1) is 0 Å². The average molecular weight is 200 g/mol. The fourth-order valence-electron chi connectivity index (χ4n) is 2.12. The molecule has 82 valence electrons. The Morgan fingerprint density at radius 3 is 2.71 bits per heavy atom. The second kappa shape index (κ2) is 4.75. The zero-order valence-corrected chi connectivity index (χ0v) is 8.94. The summed E-state index contributed by atoms with van der Waals surface area (Å²) < 4.78 is 0. The van der Waals surface area contributed by atoms with Gasteiger partial charge in [0, 0.05) is 12.6 Å². The third-order valence-electron chi connectivity index (χ3n) is 3.11. The van der Waals surface area contributed by atoms with Crippen molar-refractivity contribution < 1.29 is 9.90 Å². The number of carbonyl (C=O) groups is 1. The molecular formula is C10H20N2O2. The molecule has 0 amide bonds. The van der Waals surface area contributed by atoms with Crippen molar-refractivity contribution in [1.82, 2.24) is 4.90 Å². The lowest BCUT2D eigenvalue weighted by Gasteiger charge is -2.23. The summed E-state index contributed by atoms with van der Waals surface area (Å²) in [6, 6.07) is -0.148. The van der Waals surface area contributed by atoms with Crippen LogP contribution < -0.4 is 5.73 Å². The average Bonchev–Trinajstić information content (AvgIpc) is 2.53. The standard InChI is InChI=1S/C10H20N2O2/c1-3-9(10(13)14)12-5-4-8(6-12)7(2)11/h7-9H,3-6,11H2,1-2H3,(H,13,14). The number of nitrogens with two attached hydrogens (primary N) is 1. The number of carboxylic acids is 1. The van der Waals surface area contributed by atoms with Crippen LogP contribution in [-0.4, -0.2) is 41.1 Å². The van der Waals surface area contributed by atoms with E-state index in [-0.39, 0.29) is 12.1 Å². The van der Waals surface area contributed by atoms with Gasteiger partial charge in [-0.2, -0.15) is 0 Å². The molecule has 1 fully saturated rings. The number of carboxylic acid groups (broad SMARTS) is 1. The van der Waals surface area contributed by atoms with Crippen LogP contribution in [0, 0.1) is 5.92 Å². The van der Waals surface area contributed by atoms with Crippen molar-refractivity contribution in [2.75, 3.05) is 13.1 Å². The van der Waals surface area contributed by atoms with E-state index < -0.39 is 5.97 Å². The Bertz CT molecular complexity index is 206. The van der Waals surface area contributed by atoms with E-state index in [2.05, 4.69) is 0 Å². The minimum Gasteiger partial charge on any atom is -0.480 e. The molecule has 0 bridgehead atoms. The first-order chi connectivity index (χ1) is 6.56. The highest BCUT2D eigenvalue weighted by Gasteiger charge is 2.32. The first-order valence-electron chi connectivity index (χ1n) is 5.28. The molecule has 1 aliphatic rings. The fraction of sp³-hybridized carbons (Fsp3) is 0.900. The number of hydrogen-bond acceptors (Lipinski definition) is 3. The number of aliphatic carboxylic acids is 1. The summed E-state index contributed by atoms with van der Waals surface area (Å²) in [5.41, 5.74) is 5.80. The van der Waals surface area contributed by atoms with Crippen LogP contribution in [0.4, 0.5) is 0 Å². The van der Waals surface area contributed by atoms with E-state index in [4.69, 9.17) is 10.8 Å². The van der Waals surface area contributed by atoms with Crippen molar-refractivity contribution in [3.05, 3.63) is 0 Å². The number of likely N-dealkylation sites (tertiary alicyclic amines) is 1. The van der Waals surface area contributed by atoms with Gasteiger partial charge in [-0.3, -0.25) is 9.69 Å². The van der Waals surface area contributed by atoms with Crippen molar-refractivity contribution in [3.8, 4) is 0 Å². The van der Waals surface area contributed by atoms with E-state index in [0.717, 1.165) is 19.5 Å². The highest BCUT2D eigenvalue weighted by molar-refractivity contribution is 5.73. The summed E-state index contributed by atoms with van der Waals surface area (Å²) in [6.07, 6.45) is 1.70. The van der Waals surface area contributed by atoms with Gasteiger partial charge in [-0.15, -0.1) is 0 Å². The Hall–Kier alpha value is -0.610. The van der Waals surface area contributed by atoms with Crippen LogP contribution in [0.15, 0.2) is 0 Å². The summed E-state index contributed by atoms with van der Waals surface area (Å²) in [7, 11) is 0. The molecule has 0 spiro atoms. The van der Waals surface area contributed by atoms with Crippen LogP contribution in [0.3, 0.4) is 0 Å². The lowest BCUT2D eigenvalue weighted by atomic mass is 10.0. The summed E-state index contributed by atoms with van der Waals surface area (Å²) >= 11 is 0. The van der Waals surface area contributed by atoms with Gasteiger partial charge in [-0.05, 0) is 32.2 Å². The maximum atomic E-state index is 10.9. The van der Waals surface area contributed by atoms with Crippen LogP contribution in [0.25, 0.3) is 0 Å². The van der Waals surface area contributed by atoms with E-state index in [1.165, 1.54) is 0 Å². The predicted molar refractivity (Wildman–Crippen MR) is 55.0 cm³/mol. The smallest absolute Gasteiger partial charge is 0.320 e. The fourth-order valence-corrected chi connectivity index (χ4v) is 2.12. The lowest BCUT2D eigenvalue weighted by Crippen LogP contribution is -2.40. The van der Waals surface area contributed by atoms with Crippen LogP contribution in [0.1, 0.15) is 26.7 Å². The highest BCUT2D eigenvalue weighted by Crippen LogP contribution is 2.21. The molecule has 3 N–H and O–H groups in total. The number of rotatable bonds is 4. The normalized spacial score (nSPS) is 27.5. The van der Waals surface area contributed by atoms with Crippen LogP contribution in [0.5, 0.6) is 0 Å². The van der Waals surface area contributed by atoms with E-state index in [1.54, 1.807) is 0 Å². The van der Waals surface area contributed by atoms with Gasteiger partial charge in [0.1, 0.15) is 6.04 Å². The molecule has 4 heteroatoms. The van der Waals surface area contributed by atoms with E-state index in [9.17, 15) is 4.79 Å². The van der Waals surface area contributed by atoms with Crippen LogP contribution >= 0.6 is 0 Å². The van der Waals surface area contributed by atoms with E-state index in [0.29, 0.717) is 12.3 Å². The zero-order chi connectivity index (χ0) is 10.7. The van der Waals surface area contributed by atoms with Gasteiger partial charge in [-0.1, -0.05) is 6.92 Å². The molecule has 1 aliphatic heterocycles. The van der Waals surface area contributed by atoms with Gasteiger partial charge >= 0.3 is 5.97 Å². The maximum absolute atomic E-state index is 10.9. The molecule has 0 saturated carbocycles. The second-order valence-electron chi connectivity index (χ2n) is 4.17. The molecule has 4 nitrogen and oxygen atoms in total. The molecule has 0 aliphatic carbocycles. The Balaban J connectivity index is 2.51. The summed E-state index contributed by atoms with van der Waals surface area (Å²) in [6.45, 7) is 5.62. The van der Waals surface area contributed by atoms with E-state index in [1.807, 2.05) is 18.7 Å². The summed E-state index contributed by atoms with van der Waals surface area (Å²) in [5, 5.41) is 8.99. The van der Waals surface area contributed by atoms with Crippen molar-refractivity contribution in [2.45, 2.75) is 38.8 Å². The first-order valence-corrected chi connectivity index (χ1v) is 5.28. The first kappa shape index (κ1) is 11.5. The molecule has 1 saturated heterocycles. The second-order valence-corrected chi connectivity index (χ2v) is 4.17. The van der Waals surface area contributed by atoms with Crippen molar-refractivity contribution in [3.63, 3.8) is 0 Å². The lowest BCUT2D eigenvalue weighted by molar-refractivity contribution is -0.143. The SMILES string of the molecule is CCC(C(=O)O)N1CCC(C(C)N)C1. The largest absolute Gasteiger partial charge is 0.480 e. The number of nitrogens with zero attached hydrogens (tertiary/aromatic N) is 1. The Kier molecular flexibility index (Phi) is 3.89. The molecule has 3 atom stereocenters. The molecule has 0 aromatic carbocycles. The topological polar surface area (TPSA) is 66.6 Å². The third-order valence-corrected chi connectivity index (χ3v) is 3.11. The van der Waals surface area contributed by atoms with Crippen LogP contribution in [0.2, 0.25) is 0 Å². The third kappa shape index (κ3) is 2.45. The van der Waals surface area contributed by atoms with Crippen molar-refractivity contribution in [1.29, 1.82) is 0 Å². The van der Waals surface area contributed by atoms with Gasteiger partial charge in [0.15, 0.2) is 0 Å². The predicted octanol–water partition coefficient (Wildman–Crippen LogP) is 0.519. The summed E-state index contributed by atoms with van der Waals surface area (Å²) in [4.78, 5) is 13.0. The molecule has 1 heterocycles. The molecule has 0 aromatic heterocycles. The Morgan fingerprint density at radius 1 is 1.71 bits per heavy atom. The van der Waals surface area contributed by atoms with Gasteiger partial charge in [-0.25, -0.2) is 0 Å². The molecule has 0 aromatic rings. The quantitative estimate of drug-likeness (QED) is 0.694. The Morgan fingerprint density at radius 2 is 2.36 bits per heavy atom. The van der Waals surface area contributed by atoms with Gasteiger partial charge in [0.25, 0.3) is 0 Å². The molecule has 14 heavy (non-hydrogen) atoms. The summed E-state index contributed by atoms with van der Waals surface area (Å²) in [5.74, 6) is -0.249. The Labute approximate surface area is 85.1 Å². The van der Waals surface area contributed by atoms with E-state index >= 15 is 0 Å². The van der Waals surface area contributed by atoms with Gasteiger partial charge in [0.2, 0.25) is 0 Å². The van der Waals surface area contributed by atoms with Crippen molar-refractivity contribution in [2.24, 2.45) is 11.7 Å². The monoisotopic (exact) mass is 200 g/mol. The minimum atomic E-state index is -0.710. The molecule has 3 unspecified atom stereocenters. The van der Waals surface area contributed by atoms with Crippen LogP contribution in [-0.2, 0) is 4.79 Å². The molecular weight excluding hydrogens is 180 g/mol. The van der Waals surface area contributed by atoms with Gasteiger partial charge < -0.3 is 10.8 Å². The zero-order valence-electron chi connectivity index (χ0n) is 8.94. The molecule has 0 radical (unpaired) electrons.